The van der Waals surface area contributed by atoms with Crippen molar-refractivity contribution >= 4 is 55.1 Å². The summed E-state index contributed by atoms with van der Waals surface area (Å²) in [6, 6.07) is 0. The van der Waals surface area contributed by atoms with Crippen LogP contribution in [0.15, 0.2) is 0 Å². The fourth-order valence-corrected chi connectivity index (χ4v) is 0. The molecule has 1 nitrogen and oxygen atoms in total. The van der Waals surface area contributed by atoms with Crippen LogP contribution in [0.1, 0.15) is 0 Å². The second kappa shape index (κ2) is 17.1. The zero-order valence-electron chi connectivity index (χ0n) is 0.986. The van der Waals surface area contributed by atoms with Crippen LogP contribution in [0.4, 0.5) is 0 Å². The molecule has 0 N–H and O–H groups in total. The molecule has 0 atom stereocenters. The molecular weight excluding hydrogens is 222 g/mol. The second-order valence-corrected chi connectivity index (χ2v) is 0. The molecule has 0 bridgehead atoms. The van der Waals surface area contributed by atoms with Gasteiger partial charge in [0.1, 0.15) is 0 Å². The van der Waals surface area contributed by atoms with E-state index in [4.69, 9.17) is 1.70 Å². The zero-order chi connectivity index (χ0) is 2.00. The molecular formula is H5AlCaLaO. The van der Waals surface area contributed by atoms with Crippen molar-refractivity contribution in [1.29, 1.82) is 0 Å². The molecule has 0 unspecified atom stereocenters. The van der Waals surface area contributed by atoms with Crippen molar-refractivity contribution < 1.29 is 35.5 Å². The van der Waals surface area contributed by atoms with Crippen molar-refractivity contribution in [1.82, 2.24) is 0 Å². The van der Waals surface area contributed by atoms with Crippen LogP contribution in [-0.4, -0.2) is 55.1 Å². The van der Waals surface area contributed by atoms with Crippen LogP contribution in [0.2, 0.25) is 0 Å². The van der Waals surface area contributed by atoms with Crippen LogP contribution in [0.3, 0.4) is 0 Å². The van der Waals surface area contributed by atoms with Crippen LogP contribution < -0.4 is 0 Å². The van der Waals surface area contributed by atoms with Crippen LogP contribution >= 0.6 is 0 Å². The first-order valence-electron chi connectivity index (χ1n) is 0.236. The Hall–Kier alpha value is 2.79. The van der Waals surface area contributed by atoms with Gasteiger partial charge in [0.2, 0.25) is 0 Å². The van der Waals surface area contributed by atoms with E-state index in [-0.39, 0.29) is 88.9 Å². The van der Waals surface area contributed by atoms with Gasteiger partial charge in [0.15, 0.2) is 17.4 Å². The van der Waals surface area contributed by atoms with Crippen molar-refractivity contribution in [2.75, 3.05) is 0 Å². The Kier molecular flexibility index (Phi) is 67.6. The summed E-state index contributed by atoms with van der Waals surface area (Å²) in [5.41, 5.74) is 0. The molecule has 0 spiro atoms. The molecule has 0 heterocycles. The predicted molar refractivity (Wildman–Crippen MR) is 19.2 cm³/mol. The van der Waals surface area contributed by atoms with Gasteiger partial charge in [-0.05, 0) is 0 Å². The van der Waals surface area contributed by atoms with Gasteiger partial charge in [-0.3, -0.25) is 0 Å². The quantitative estimate of drug-likeness (QED) is 0.428. The monoisotopic (exact) mass is 227 g/mol. The minimum absolute atomic E-state index is 0. The minimum atomic E-state index is -0.0833. The molecule has 0 aliphatic carbocycles. The predicted octanol–water partition coefficient (Wildman–Crippen LogP) is -2.22. The fraction of sp³-hybridized carbons (Fsp3) is 0. The molecule has 0 aromatic rings. The first kappa shape index (κ1) is 15.8. The van der Waals surface area contributed by atoms with Gasteiger partial charge in [-0.2, -0.15) is 0 Å². The molecule has 0 amide bonds. The molecule has 4 heavy (non-hydrogen) atoms. The van der Waals surface area contributed by atoms with Gasteiger partial charge in [0.05, 0.1) is 0 Å². The Morgan fingerprint density at radius 1 is 1.25 bits per heavy atom. The van der Waals surface area contributed by atoms with E-state index in [1.165, 1.54) is 0 Å². The van der Waals surface area contributed by atoms with Gasteiger partial charge in [0, 0.05) is 0 Å². The topological polar surface area (TPSA) is 17.1 Å². The van der Waals surface area contributed by atoms with E-state index in [0.29, 0.717) is 0 Å². The van der Waals surface area contributed by atoms with Gasteiger partial charge >= 0.3 is 73.2 Å². The average Bonchev–Trinajstić information content (AvgIpc) is 1.00. The summed E-state index contributed by atoms with van der Waals surface area (Å²) in [5, 5.41) is 0. The molecule has 0 rings (SSSR count). The van der Waals surface area contributed by atoms with Gasteiger partial charge < -0.3 is 0 Å². The first-order valence-corrected chi connectivity index (χ1v) is 1.72. The number of hydrogen-bond acceptors (Lipinski definition) is 1. The summed E-state index contributed by atoms with van der Waals surface area (Å²) in [4.78, 5) is 0. The zero-order valence-corrected chi connectivity index (χ0v) is 4.61. The van der Waals surface area contributed by atoms with Crippen LogP contribution in [0.25, 0.3) is 0 Å². The van der Waals surface area contributed by atoms with Gasteiger partial charge in [-0.1, -0.05) is 0 Å². The fourth-order valence-electron chi connectivity index (χ4n) is 0. The normalized spacial score (nSPS) is 1.50. The molecule has 0 radical (unpaired) electrons. The van der Waals surface area contributed by atoms with Crippen LogP contribution in [0, 0.1) is 33.8 Å². The van der Waals surface area contributed by atoms with Crippen molar-refractivity contribution in [2.24, 2.45) is 0 Å². The van der Waals surface area contributed by atoms with E-state index >= 15 is 0 Å². The van der Waals surface area contributed by atoms with Gasteiger partial charge in [-0.25, -0.2) is 0 Å². The molecule has 0 aromatic heterocycles. The summed E-state index contributed by atoms with van der Waals surface area (Å²) >= 11 is -0.0833. The SMILES string of the molecule is [AlH3].[CaH2].[O]=[La]. The molecule has 0 aliphatic heterocycles. The van der Waals surface area contributed by atoms with E-state index in [9.17, 15) is 0 Å². The maximum absolute atomic E-state index is 8.42. The maximum atomic E-state index is 8.42. The Labute approximate surface area is 88.4 Å². The van der Waals surface area contributed by atoms with Crippen molar-refractivity contribution in [3.8, 4) is 0 Å². The Bertz CT molecular complexity index is 8.00. The van der Waals surface area contributed by atoms with E-state index in [1.54, 1.807) is 0 Å². The van der Waals surface area contributed by atoms with Crippen molar-refractivity contribution in [3.63, 3.8) is 0 Å². The summed E-state index contributed by atoms with van der Waals surface area (Å²) in [6.07, 6.45) is 0. The third-order valence-electron chi connectivity index (χ3n) is 0. The molecule has 0 aromatic carbocycles. The summed E-state index contributed by atoms with van der Waals surface area (Å²) in [6.45, 7) is 0. The van der Waals surface area contributed by atoms with Crippen molar-refractivity contribution in [2.45, 2.75) is 0 Å². The second-order valence-electron chi connectivity index (χ2n) is 0. The number of hydrogen-bond donors (Lipinski definition) is 0. The van der Waals surface area contributed by atoms with E-state index in [0.717, 1.165) is 0 Å². The van der Waals surface area contributed by atoms with E-state index in [2.05, 4.69) is 0 Å². The molecule has 0 aliphatic rings. The third-order valence-corrected chi connectivity index (χ3v) is 0. The molecule has 0 fully saturated rings. The van der Waals surface area contributed by atoms with E-state index in [1.807, 2.05) is 0 Å². The Morgan fingerprint density at radius 2 is 1.25 bits per heavy atom. The van der Waals surface area contributed by atoms with Gasteiger partial charge in [-0.15, -0.1) is 0 Å². The Balaban J connectivity index is -0.00000000500. The third kappa shape index (κ3) is 8.84. The average molecular weight is 227 g/mol. The molecule has 0 saturated carbocycles. The van der Waals surface area contributed by atoms with Gasteiger partial charge in [0.25, 0.3) is 0 Å². The number of rotatable bonds is 0. The molecule has 4 heteroatoms. The Morgan fingerprint density at radius 3 is 1.25 bits per heavy atom. The molecule has 0 saturated heterocycles. The molecule has 19 valence electrons. The summed E-state index contributed by atoms with van der Waals surface area (Å²) < 4.78 is 8.42. The van der Waals surface area contributed by atoms with Crippen molar-refractivity contribution in [3.05, 3.63) is 0 Å². The summed E-state index contributed by atoms with van der Waals surface area (Å²) in [5.74, 6) is 0. The first-order chi connectivity index (χ1) is 1.00. The van der Waals surface area contributed by atoms with Crippen LogP contribution in [0.5, 0.6) is 0 Å². The van der Waals surface area contributed by atoms with Crippen LogP contribution in [-0.2, 0) is 1.70 Å². The van der Waals surface area contributed by atoms with E-state index < -0.39 is 0 Å². The standard InChI is InChI=1S/Al.Ca.La.O.5H. The summed E-state index contributed by atoms with van der Waals surface area (Å²) in [7, 11) is 0.